The molecule has 24 heavy (non-hydrogen) atoms. The van der Waals surface area contributed by atoms with Gasteiger partial charge in [-0.05, 0) is 24.4 Å². The van der Waals surface area contributed by atoms with Crippen LogP contribution < -0.4 is 0 Å². The quantitative estimate of drug-likeness (QED) is 0.728. The van der Waals surface area contributed by atoms with Crippen LogP contribution in [-0.4, -0.2) is 27.5 Å². The molecule has 0 spiro atoms. The third kappa shape index (κ3) is 2.97. The molecule has 1 atom stereocenters. The van der Waals surface area contributed by atoms with E-state index in [4.69, 9.17) is 4.52 Å². The molecule has 6 heteroatoms. The van der Waals surface area contributed by atoms with E-state index in [-0.39, 0.29) is 11.8 Å². The van der Waals surface area contributed by atoms with E-state index in [1.165, 1.54) is 4.88 Å². The summed E-state index contributed by atoms with van der Waals surface area (Å²) in [5, 5.41) is 6.11. The van der Waals surface area contributed by atoms with E-state index in [1.807, 2.05) is 53.6 Å². The number of benzene rings is 1. The van der Waals surface area contributed by atoms with Gasteiger partial charge in [0, 0.05) is 23.4 Å². The first-order chi connectivity index (χ1) is 11.7. The summed E-state index contributed by atoms with van der Waals surface area (Å²) in [6.07, 6.45) is 0.431. The summed E-state index contributed by atoms with van der Waals surface area (Å²) in [6, 6.07) is 12.0. The number of thiophene rings is 1. The van der Waals surface area contributed by atoms with Crippen LogP contribution in [0.1, 0.15) is 28.7 Å². The van der Waals surface area contributed by atoms with Gasteiger partial charge in [0.15, 0.2) is 0 Å². The lowest BCUT2D eigenvalue weighted by atomic mass is 10.1. The maximum atomic E-state index is 12.2. The number of nitrogens with zero attached hydrogens (tertiary/aromatic N) is 3. The number of hydrogen-bond acceptors (Lipinski definition) is 5. The van der Waals surface area contributed by atoms with E-state index in [9.17, 15) is 4.79 Å². The largest absolute Gasteiger partial charge is 0.339 e. The van der Waals surface area contributed by atoms with Crippen LogP contribution >= 0.6 is 11.3 Å². The molecule has 1 amide bonds. The van der Waals surface area contributed by atoms with E-state index in [0.29, 0.717) is 31.2 Å². The van der Waals surface area contributed by atoms with Gasteiger partial charge >= 0.3 is 0 Å². The van der Waals surface area contributed by atoms with Gasteiger partial charge in [0.25, 0.3) is 0 Å². The predicted octanol–water partition coefficient (Wildman–Crippen LogP) is 3.62. The van der Waals surface area contributed by atoms with Crippen molar-refractivity contribution in [3.8, 4) is 11.4 Å². The highest BCUT2D eigenvalue weighted by Gasteiger charge is 2.34. The van der Waals surface area contributed by atoms with Gasteiger partial charge in [-0.25, -0.2) is 0 Å². The van der Waals surface area contributed by atoms with E-state index >= 15 is 0 Å². The Morgan fingerprint density at radius 1 is 1.33 bits per heavy atom. The zero-order valence-corrected chi connectivity index (χ0v) is 14.1. The zero-order valence-electron chi connectivity index (χ0n) is 13.3. The van der Waals surface area contributed by atoms with Gasteiger partial charge in [-0.15, -0.1) is 11.3 Å². The maximum absolute atomic E-state index is 12.2. The minimum atomic E-state index is -0.0245. The number of carbonyl (C=O) groups is 1. The summed E-state index contributed by atoms with van der Waals surface area (Å²) in [5.74, 6) is 1.25. The van der Waals surface area contributed by atoms with Crippen molar-refractivity contribution in [3.63, 3.8) is 0 Å². The van der Waals surface area contributed by atoms with Crippen LogP contribution in [0.15, 0.2) is 46.3 Å². The number of amides is 1. The van der Waals surface area contributed by atoms with Crippen LogP contribution in [0.5, 0.6) is 0 Å². The number of aryl methyl sites for hydroxylation is 1. The molecule has 5 nitrogen and oxygen atoms in total. The van der Waals surface area contributed by atoms with Gasteiger partial charge in [0.05, 0.1) is 12.5 Å². The first kappa shape index (κ1) is 15.1. The van der Waals surface area contributed by atoms with Gasteiger partial charge in [-0.3, -0.25) is 4.79 Å². The summed E-state index contributed by atoms with van der Waals surface area (Å²) < 4.78 is 5.44. The summed E-state index contributed by atoms with van der Waals surface area (Å²) in [5.41, 5.74) is 2.08. The molecular formula is C18H17N3O2S. The Morgan fingerprint density at radius 3 is 3.04 bits per heavy atom. The van der Waals surface area contributed by atoms with Gasteiger partial charge < -0.3 is 9.42 Å². The summed E-state index contributed by atoms with van der Waals surface area (Å²) >= 11 is 1.67. The van der Waals surface area contributed by atoms with Crippen molar-refractivity contribution in [2.24, 2.45) is 0 Å². The average molecular weight is 339 g/mol. The molecule has 1 aromatic carbocycles. The molecule has 0 bridgehead atoms. The molecule has 3 aromatic rings. The van der Waals surface area contributed by atoms with Crippen LogP contribution in [0.2, 0.25) is 0 Å². The normalized spacial score (nSPS) is 17.6. The molecule has 0 saturated carbocycles. The van der Waals surface area contributed by atoms with E-state index in [1.54, 1.807) is 11.3 Å². The lowest BCUT2D eigenvalue weighted by Crippen LogP contribution is -2.23. The summed E-state index contributed by atoms with van der Waals surface area (Å²) in [6.45, 7) is 3.32. The van der Waals surface area contributed by atoms with Gasteiger partial charge in [0.1, 0.15) is 0 Å². The molecule has 0 aliphatic carbocycles. The molecule has 4 rings (SSSR count). The smallest absolute Gasteiger partial charge is 0.232 e. The second kappa shape index (κ2) is 6.20. The van der Waals surface area contributed by atoms with Crippen LogP contribution in [-0.2, 0) is 11.3 Å². The Kier molecular flexibility index (Phi) is 3.90. The summed E-state index contributed by atoms with van der Waals surface area (Å²) in [7, 11) is 0. The monoisotopic (exact) mass is 339 g/mol. The molecule has 2 aromatic heterocycles. The molecule has 1 aliphatic rings. The average Bonchev–Trinajstić information content (AvgIpc) is 3.30. The maximum Gasteiger partial charge on any atom is 0.232 e. The first-order valence-electron chi connectivity index (χ1n) is 7.90. The van der Waals surface area contributed by atoms with Crippen molar-refractivity contribution in [2.45, 2.75) is 25.8 Å². The Bertz CT molecular complexity index is 857. The second-order valence-corrected chi connectivity index (χ2v) is 7.11. The lowest BCUT2D eigenvalue weighted by molar-refractivity contribution is -0.128. The van der Waals surface area contributed by atoms with E-state index in [0.717, 1.165) is 11.1 Å². The molecule has 1 saturated heterocycles. The van der Waals surface area contributed by atoms with Gasteiger partial charge in [-0.1, -0.05) is 35.0 Å². The molecule has 3 heterocycles. The molecule has 1 fully saturated rings. The Labute approximate surface area is 143 Å². The topological polar surface area (TPSA) is 59.2 Å². The second-order valence-electron chi connectivity index (χ2n) is 6.08. The standard InChI is InChI=1S/C18H17N3O2S/c1-12-4-2-5-13(8-12)17-19-18(23-20-17)14-9-16(22)21(10-14)11-15-6-3-7-24-15/h2-8,14H,9-11H2,1H3. The third-order valence-electron chi connectivity index (χ3n) is 4.21. The van der Waals surface area contributed by atoms with Crippen molar-refractivity contribution < 1.29 is 9.32 Å². The fraction of sp³-hybridized carbons (Fsp3) is 0.278. The molecule has 1 unspecified atom stereocenters. The minimum absolute atomic E-state index is 0.0245. The van der Waals surface area contributed by atoms with E-state index < -0.39 is 0 Å². The van der Waals surface area contributed by atoms with Crippen molar-refractivity contribution in [1.29, 1.82) is 0 Å². The first-order valence-corrected chi connectivity index (χ1v) is 8.78. The zero-order chi connectivity index (χ0) is 16.5. The van der Waals surface area contributed by atoms with E-state index in [2.05, 4.69) is 10.1 Å². The van der Waals surface area contributed by atoms with Gasteiger partial charge in [-0.2, -0.15) is 4.98 Å². The lowest BCUT2D eigenvalue weighted by Gasteiger charge is -2.14. The van der Waals surface area contributed by atoms with Crippen molar-refractivity contribution in [2.75, 3.05) is 6.54 Å². The van der Waals surface area contributed by atoms with Crippen molar-refractivity contribution >= 4 is 17.2 Å². The molecule has 122 valence electrons. The Hall–Kier alpha value is -2.47. The number of likely N-dealkylation sites (tertiary alicyclic amines) is 1. The Morgan fingerprint density at radius 2 is 2.25 bits per heavy atom. The third-order valence-corrected chi connectivity index (χ3v) is 5.07. The number of hydrogen-bond donors (Lipinski definition) is 0. The van der Waals surface area contributed by atoms with Crippen LogP contribution in [0.3, 0.4) is 0 Å². The number of aromatic nitrogens is 2. The highest BCUT2D eigenvalue weighted by atomic mass is 32.1. The molecule has 0 radical (unpaired) electrons. The van der Waals surface area contributed by atoms with Gasteiger partial charge in [0.2, 0.25) is 17.6 Å². The molecular weight excluding hydrogens is 322 g/mol. The molecule has 0 N–H and O–H groups in total. The highest BCUT2D eigenvalue weighted by Crippen LogP contribution is 2.30. The van der Waals surface area contributed by atoms with Crippen LogP contribution in [0.25, 0.3) is 11.4 Å². The SMILES string of the molecule is Cc1cccc(-c2noc(C3CC(=O)N(Cc4cccs4)C3)n2)c1. The minimum Gasteiger partial charge on any atom is -0.339 e. The van der Waals surface area contributed by atoms with Crippen LogP contribution in [0, 0.1) is 6.92 Å². The summed E-state index contributed by atoms with van der Waals surface area (Å²) in [4.78, 5) is 19.8. The highest BCUT2D eigenvalue weighted by molar-refractivity contribution is 7.09. The Balaban J connectivity index is 1.50. The fourth-order valence-electron chi connectivity index (χ4n) is 2.98. The fourth-order valence-corrected chi connectivity index (χ4v) is 3.70. The van der Waals surface area contributed by atoms with Crippen molar-refractivity contribution in [3.05, 3.63) is 58.1 Å². The predicted molar refractivity (Wildman–Crippen MR) is 91.6 cm³/mol. The van der Waals surface area contributed by atoms with Crippen molar-refractivity contribution in [1.82, 2.24) is 15.0 Å². The molecule has 1 aliphatic heterocycles. The number of carbonyl (C=O) groups excluding carboxylic acids is 1. The number of rotatable bonds is 4. The van der Waals surface area contributed by atoms with Crippen LogP contribution in [0.4, 0.5) is 0 Å².